The molecule has 3 aromatic carbocycles. The molecule has 0 spiro atoms. The lowest BCUT2D eigenvalue weighted by Gasteiger charge is -2.41. The van der Waals surface area contributed by atoms with Gasteiger partial charge in [-0.2, -0.15) is 0 Å². The summed E-state index contributed by atoms with van der Waals surface area (Å²) in [4.78, 5) is 42.3. The van der Waals surface area contributed by atoms with Crippen molar-refractivity contribution >= 4 is 61.4 Å². The maximum atomic E-state index is 13.8. The van der Waals surface area contributed by atoms with Crippen molar-refractivity contribution in [3.05, 3.63) is 47.5 Å². The number of carbonyl (C=O) groups excluding carboxylic acids is 2. The first-order valence-corrected chi connectivity index (χ1v) is 15.6. The molecule has 19 nitrogen and oxygen atoms in total. The number of ether oxygens (including phenoxy) is 3. The average Bonchev–Trinajstić information content (AvgIpc) is 3.73. The van der Waals surface area contributed by atoms with Crippen molar-refractivity contribution in [2.75, 3.05) is 6.61 Å². The lowest BCUT2D eigenvalue weighted by Crippen LogP contribution is -2.61. The minimum atomic E-state index is -1.99. The number of hydrogen-bond acceptors (Lipinski definition) is 15. The number of aromatic amines is 1. The van der Waals surface area contributed by atoms with Gasteiger partial charge in [-0.25, -0.2) is 15.6 Å². The monoisotopic (exact) mass is 710 g/mol. The van der Waals surface area contributed by atoms with Gasteiger partial charge in [-0.1, -0.05) is 24.3 Å². The molecule has 19 heteroatoms. The second-order valence-corrected chi connectivity index (χ2v) is 12.6. The normalized spacial score (nSPS) is 31.3. The number of benzene rings is 3. The number of H-pyrrole nitrogens is 1. The van der Waals surface area contributed by atoms with E-state index < -0.39 is 85.7 Å². The Hall–Kier alpha value is -4.93. The predicted molar refractivity (Wildman–Crippen MR) is 169 cm³/mol. The molecule has 0 aliphatic carbocycles. The number of aromatic hydroxyl groups is 1. The number of nitrogens with one attached hydrogen (secondary N) is 1. The van der Waals surface area contributed by atoms with E-state index in [0.29, 0.717) is 5.01 Å². The van der Waals surface area contributed by atoms with Crippen LogP contribution in [0.15, 0.2) is 36.4 Å². The Morgan fingerprint density at radius 3 is 2.14 bits per heavy atom. The summed E-state index contributed by atoms with van der Waals surface area (Å²) < 4.78 is 18.4. The van der Waals surface area contributed by atoms with Crippen LogP contribution in [0.2, 0.25) is 0 Å². The number of imide groups is 1. The third-order valence-electron chi connectivity index (χ3n) is 9.83. The molecule has 3 aliphatic heterocycles. The maximum Gasteiger partial charge on any atom is 0.335 e. The third kappa shape index (κ3) is 4.45. The van der Waals surface area contributed by atoms with Gasteiger partial charge >= 0.3 is 5.97 Å². The second kappa shape index (κ2) is 11.5. The van der Waals surface area contributed by atoms with E-state index in [1.807, 2.05) is 0 Å². The predicted octanol–water partition coefficient (Wildman–Crippen LogP) is -2.15. The van der Waals surface area contributed by atoms with Crippen LogP contribution in [0, 0.1) is 0 Å². The van der Waals surface area contributed by atoms with Crippen LogP contribution in [0.5, 0.6) is 11.5 Å². The van der Waals surface area contributed by atoms with Crippen LogP contribution >= 0.6 is 0 Å². The summed E-state index contributed by atoms with van der Waals surface area (Å²) in [7, 11) is 0. The maximum absolute atomic E-state index is 13.8. The molecule has 10 atom stereocenters. The summed E-state index contributed by atoms with van der Waals surface area (Å²) >= 11 is 0. The van der Waals surface area contributed by atoms with Gasteiger partial charge in [-0.05, 0) is 12.1 Å². The van der Waals surface area contributed by atoms with Gasteiger partial charge < -0.3 is 69.7 Å². The highest BCUT2D eigenvalue weighted by Gasteiger charge is 2.49. The number of para-hydroxylation sites is 2. The first kappa shape index (κ1) is 33.2. The first-order valence-electron chi connectivity index (χ1n) is 15.6. The Kier molecular flexibility index (Phi) is 7.52. The van der Waals surface area contributed by atoms with E-state index in [2.05, 4.69) is 4.98 Å². The van der Waals surface area contributed by atoms with Crippen molar-refractivity contribution in [2.24, 2.45) is 5.84 Å². The van der Waals surface area contributed by atoms with Crippen molar-refractivity contribution in [3.63, 3.8) is 0 Å². The lowest BCUT2D eigenvalue weighted by atomic mass is 9.96. The number of hydrazine groups is 1. The van der Waals surface area contributed by atoms with Crippen molar-refractivity contribution in [1.29, 1.82) is 0 Å². The summed E-state index contributed by atoms with van der Waals surface area (Å²) in [6.45, 7) is -0.777. The molecule has 2 fully saturated rings. The summed E-state index contributed by atoms with van der Waals surface area (Å²) in [5.74, 6) is 2.04. The fraction of sp³-hybridized carbons (Fsp3) is 0.344. The van der Waals surface area contributed by atoms with Gasteiger partial charge in [0.05, 0.1) is 39.8 Å². The second-order valence-electron chi connectivity index (χ2n) is 12.6. The van der Waals surface area contributed by atoms with Gasteiger partial charge in [0, 0.05) is 21.5 Å². The third-order valence-corrected chi connectivity index (χ3v) is 9.83. The molecule has 0 radical (unpaired) electrons. The van der Waals surface area contributed by atoms with Crippen molar-refractivity contribution in [1.82, 2.24) is 14.6 Å². The van der Waals surface area contributed by atoms with Crippen LogP contribution in [0.3, 0.4) is 0 Å². The highest BCUT2D eigenvalue weighted by Crippen LogP contribution is 2.49. The Morgan fingerprint density at radius 1 is 0.804 bits per heavy atom. The summed E-state index contributed by atoms with van der Waals surface area (Å²) in [6, 6.07) is 8.70. The Morgan fingerprint density at radius 2 is 1.45 bits per heavy atom. The largest absolute Gasteiger partial charge is 0.506 e. The quantitative estimate of drug-likeness (QED) is 0.0526. The van der Waals surface area contributed by atoms with Crippen LogP contribution in [-0.2, 0) is 14.3 Å². The van der Waals surface area contributed by atoms with Crippen LogP contribution in [0.1, 0.15) is 26.9 Å². The highest BCUT2D eigenvalue weighted by molar-refractivity contribution is 6.39. The first-order chi connectivity index (χ1) is 24.3. The number of phenolic OH excluding ortho intramolecular Hbond substituents is 1. The molecule has 5 aromatic rings. The molecule has 2 saturated heterocycles. The molecule has 0 saturated carbocycles. The molecule has 0 bridgehead atoms. The number of rotatable bonds is 5. The minimum Gasteiger partial charge on any atom is -0.506 e. The number of aliphatic hydroxyl groups excluding tert-OH is 7. The number of amides is 2. The Bertz CT molecular complexity index is 2300. The van der Waals surface area contributed by atoms with Crippen molar-refractivity contribution in [2.45, 2.75) is 61.3 Å². The number of phenols is 1. The van der Waals surface area contributed by atoms with Gasteiger partial charge in [0.15, 0.2) is 12.3 Å². The van der Waals surface area contributed by atoms with E-state index in [0.717, 1.165) is 0 Å². The number of hydrogen-bond donors (Lipinski definition) is 11. The fourth-order valence-corrected chi connectivity index (χ4v) is 7.41. The van der Waals surface area contributed by atoms with Crippen LogP contribution in [-0.4, -0.2) is 140 Å². The molecule has 5 heterocycles. The molecule has 2 aromatic heterocycles. The molecule has 12 N–H and O–H groups in total. The van der Waals surface area contributed by atoms with E-state index in [1.165, 1.54) is 34.9 Å². The number of carboxylic acid groups (broad SMARTS) is 1. The number of aliphatic carboxylic acids is 1. The molecular formula is C32H30N4O15. The van der Waals surface area contributed by atoms with Crippen molar-refractivity contribution < 1.29 is 74.6 Å². The smallest absolute Gasteiger partial charge is 0.335 e. The lowest BCUT2D eigenvalue weighted by molar-refractivity contribution is -0.270. The molecule has 2 amide bonds. The number of fused-ring (bicyclic) bond motifs is 10. The van der Waals surface area contributed by atoms with Gasteiger partial charge in [0.2, 0.25) is 6.29 Å². The minimum absolute atomic E-state index is 0.0247. The number of aliphatic hydroxyl groups is 7. The summed E-state index contributed by atoms with van der Waals surface area (Å²) in [6.07, 6.45) is -18.1. The zero-order valence-electron chi connectivity index (χ0n) is 25.9. The fourth-order valence-electron chi connectivity index (χ4n) is 7.41. The number of carboxylic acids is 1. The number of nitrogens with two attached hydrogens (primary N) is 1. The molecule has 51 heavy (non-hydrogen) atoms. The van der Waals surface area contributed by atoms with Crippen molar-refractivity contribution in [3.8, 4) is 11.5 Å². The van der Waals surface area contributed by atoms with Gasteiger partial charge in [0.25, 0.3) is 11.8 Å². The SMILES string of the molecule is NN1C(=O)c2c(c3c4cccc(O)c4n([C@@H]4O[C@H](CO)[C@@H](O)[C@H](O)[C@H]4O)c3c3[nH]c4c(O[C@@H]5O[C@H](C(=O)O)[C@@H](O)[C@H](O)[C@H]5O)cccc4c23)C1=O. The molecule has 268 valence electrons. The van der Waals surface area contributed by atoms with E-state index in [4.69, 9.17) is 20.1 Å². The van der Waals surface area contributed by atoms with Gasteiger partial charge in [0.1, 0.15) is 54.2 Å². The standard InChI is InChI=1S/C32H30N4O15/c33-36-28(45)15-13-8-3-2-6-11(50-32-26(44)23(41)24(42)27(51-32)31(47)48)17(8)34-18(13)20-14(16(15)29(36)46)9-4-1-5-10(38)19(9)35(20)30-25(43)22(40)21(39)12(7-37)49-30/h1-6,12,21-27,30,32,34,37-44H,7,33H2,(H,47,48)/t12-,21-,22+,23+,24+,25-,26-,27+,30-,32-/m1/s1. The molecule has 0 unspecified atom stereocenters. The topological polar surface area (TPSA) is 311 Å². The molecule has 8 rings (SSSR count). The average molecular weight is 711 g/mol. The molecule has 3 aliphatic rings. The van der Waals surface area contributed by atoms with Gasteiger partial charge in [-0.15, -0.1) is 0 Å². The van der Waals surface area contributed by atoms with E-state index in [1.54, 1.807) is 6.07 Å². The Balaban J connectivity index is 1.45. The highest BCUT2D eigenvalue weighted by atomic mass is 16.7. The number of nitrogens with zero attached hydrogens (tertiary/aromatic N) is 2. The van der Waals surface area contributed by atoms with E-state index >= 15 is 0 Å². The summed E-state index contributed by atoms with van der Waals surface area (Å²) in [5.41, 5.74) is -0.129. The van der Waals surface area contributed by atoms with Crippen LogP contribution in [0.4, 0.5) is 0 Å². The number of aromatic nitrogens is 2. The van der Waals surface area contributed by atoms with E-state index in [-0.39, 0.29) is 66.2 Å². The van der Waals surface area contributed by atoms with E-state index in [9.17, 15) is 60.3 Å². The zero-order chi connectivity index (χ0) is 36.4. The van der Waals surface area contributed by atoms with Crippen LogP contribution < -0.4 is 10.6 Å². The molecular weight excluding hydrogens is 680 g/mol. The summed E-state index contributed by atoms with van der Waals surface area (Å²) in [5, 5.41) is 95.4. The van der Waals surface area contributed by atoms with Gasteiger partial charge in [-0.3, -0.25) is 9.59 Å². The Labute approximate surface area is 283 Å². The zero-order valence-corrected chi connectivity index (χ0v) is 25.9. The van der Waals surface area contributed by atoms with Crippen LogP contribution in [0.25, 0.3) is 43.6 Å². The number of carbonyl (C=O) groups is 3.